The zero-order chi connectivity index (χ0) is 23.1. The van der Waals surface area contributed by atoms with E-state index >= 15 is 0 Å². The first-order valence-corrected chi connectivity index (χ1v) is 13.7. The molecule has 2 aliphatic rings. The maximum absolute atomic E-state index is 13.0. The standard InChI is InChI=1S/C23H30N4O4S2/c28-22(24-15-20-7-4-14-31-20)18-32-23-9-8-21(16-25-23)33(29,30)27-12-10-26(11-13-27)17-19-5-2-1-3-6-19/h1-3,5-6,8-9,16,20H,4,7,10-15,17-18H2,(H,24,28)/t20-/m0/s1. The van der Waals surface area contributed by atoms with E-state index in [4.69, 9.17) is 4.74 Å². The molecular weight excluding hydrogens is 460 g/mol. The van der Waals surface area contributed by atoms with Crippen LogP contribution in [0.3, 0.4) is 0 Å². The summed E-state index contributed by atoms with van der Waals surface area (Å²) in [5.74, 6) is 0.150. The molecule has 33 heavy (non-hydrogen) atoms. The predicted molar refractivity (Wildman–Crippen MR) is 127 cm³/mol. The number of nitrogens with one attached hydrogen (secondary N) is 1. The summed E-state index contributed by atoms with van der Waals surface area (Å²) >= 11 is 1.29. The van der Waals surface area contributed by atoms with Crippen molar-refractivity contribution in [2.45, 2.75) is 35.4 Å². The smallest absolute Gasteiger partial charge is 0.244 e. The zero-order valence-electron chi connectivity index (χ0n) is 18.6. The Balaban J connectivity index is 1.24. The molecule has 0 spiro atoms. The minimum Gasteiger partial charge on any atom is -0.376 e. The van der Waals surface area contributed by atoms with Gasteiger partial charge in [-0.25, -0.2) is 13.4 Å². The molecule has 1 atom stereocenters. The van der Waals surface area contributed by atoms with Crippen LogP contribution >= 0.6 is 11.8 Å². The minimum absolute atomic E-state index is 0.0811. The number of aromatic nitrogens is 1. The van der Waals surface area contributed by atoms with Gasteiger partial charge in [-0.3, -0.25) is 9.69 Å². The van der Waals surface area contributed by atoms with Crippen molar-refractivity contribution in [3.05, 3.63) is 54.2 Å². The van der Waals surface area contributed by atoms with E-state index < -0.39 is 10.0 Å². The number of benzene rings is 1. The van der Waals surface area contributed by atoms with E-state index in [0.29, 0.717) is 37.7 Å². The van der Waals surface area contributed by atoms with Crippen molar-refractivity contribution in [3.8, 4) is 0 Å². The first-order chi connectivity index (χ1) is 16.0. The molecule has 0 aliphatic carbocycles. The second-order valence-corrected chi connectivity index (χ2v) is 11.2. The van der Waals surface area contributed by atoms with Gasteiger partial charge in [0.2, 0.25) is 15.9 Å². The minimum atomic E-state index is -3.58. The van der Waals surface area contributed by atoms with E-state index in [2.05, 4.69) is 27.3 Å². The summed E-state index contributed by atoms with van der Waals surface area (Å²) in [6.07, 6.45) is 3.52. The summed E-state index contributed by atoms with van der Waals surface area (Å²) < 4.78 is 33.1. The molecule has 2 aromatic rings. The molecule has 1 amide bonds. The van der Waals surface area contributed by atoms with E-state index in [1.54, 1.807) is 12.1 Å². The van der Waals surface area contributed by atoms with Gasteiger partial charge in [-0.2, -0.15) is 4.31 Å². The van der Waals surface area contributed by atoms with Crippen LogP contribution in [0.2, 0.25) is 0 Å². The monoisotopic (exact) mass is 490 g/mol. The van der Waals surface area contributed by atoms with E-state index in [-0.39, 0.29) is 22.7 Å². The van der Waals surface area contributed by atoms with Crippen molar-refractivity contribution in [1.29, 1.82) is 0 Å². The van der Waals surface area contributed by atoms with Gasteiger partial charge in [0.15, 0.2) is 0 Å². The number of hydrogen-bond acceptors (Lipinski definition) is 7. The molecule has 2 fully saturated rings. The van der Waals surface area contributed by atoms with Crippen LogP contribution in [0.25, 0.3) is 0 Å². The molecule has 1 aromatic carbocycles. The number of hydrogen-bond donors (Lipinski definition) is 1. The van der Waals surface area contributed by atoms with Crippen LogP contribution in [-0.2, 0) is 26.1 Å². The summed E-state index contributed by atoms with van der Waals surface area (Å²) in [7, 11) is -3.58. The Morgan fingerprint density at radius 1 is 1.12 bits per heavy atom. The number of carbonyl (C=O) groups excluding carboxylic acids is 1. The Bertz CT molecular complexity index is 1000. The Morgan fingerprint density at radius 2 is 1.91 bits per heavy atom. The normalized spacial score (nSPS) is 20.1. The Hall–Kier alpha value is -1.98. The van der Waals surface area contributed by atoms with Gasteiger partial charge in [0, 0.05) is 52.1 Å². The van der Waals surface area contributed by atoms with Crippen LogP contribution in [0.1, 0.15) is 18.4 Å². The Morgan fingerprint density at radius 3 is 2.58 bits per heavy atom. The molecule has 0 saturated carbocycles. The van der Waals surface area contributed by atoms with Crippen molar-refractivity contribution in [2.75, 3.05) is 45.1 Å². The first kappa shape index (κ1) is 24.2. The molecule has 178 valence electrons. The molecule has 0 unspecified atom stereocenters. The summed E-state index contributed by atoms with van der Waals surface area (Å²) in [4.78, 5) is 18.7. The molecule has 0 radical (unpaired) electrons. The van der Waals surface area contributed by atoms with Crippen molar-refractivity contribution < 1.29 is 17.9 Å². The number of nitrogens with zero attached hydrogens (tertiary/aromatic N) is 3. The second kappa shape index (κ2) is 11.4. The third-order valence-electron chi connectivity index (χ3n) is 5.83. The molecule has 0 bridgehead atoms. The molecular formula is C23H30N4O4S2. The number of pyridine rings is 1. The fourth-order valence-corrected chi connectivity index (χ4v) is 5.99. The SMILES string of the molecule is O=C(CSc1ccc(S(=O)(=O)N2CCN(Cc3ccccc3)CC2)cn1)NC[C@@H]1CCCO1. The van der Waals surface area contributed by atoms with Crippen molar-refractivity contribution in [3.63, 3.8) is 0 Å². The molecule has 1 N–H and O–H groups in total. The van der Waals surface area contributed by atoms with E-state index in [0.717, 1.165) is 26.0 Å². The van der Waals surface area contributed by atoms with Gasteiger partial charge < -0.3 is 10.1 Å². The third kappa shape index (κ3) is 6.77. The van der Waals surface area contributed by atoms with Crippen LogP contribution in [-0.4, -0.2) is 79.7 Å². The Kier molecular flexibility index (Phi) is 8.37. The summed E-state index contributed by atoms with van der Waals surface area (Å²) in [6.45, 7) is 4.41. The number of sulfonamides is 1. The van der Waals surface area contributed by atoms with E-state index in [1.165, 1.54) is 27.8 Å². The third-order valence-corrected chi connectivity index (χ3v) is 8.66. The Labute approximate surface area is 199 Å². The number of ether oxygens (including phenoxy) is 1. The number of carbonyl (C=O) groups is 1. The van der Waals surface area contributed by atoms with Crippen LogP contribution in [0.4, 0.5) is 0 Å². The zero-order valence-corrected chi connectivity index (χ0v) is 20.2. The van der Waals surface area contributed by atoms with Gasteiger partial charge >= 0.3 is 0 Å². The topological polar surface area (TPSA) is 91.8 Å². The average Bonchev–Trinajstić information content (AvgIpc) is 3.36. The van der Waals surface area contributed by atoms with Crippen molar-refractivity contribution in [1.82, 2.24) is 19.5 Å². The van der Waals surface area contributed by atoms with Crippen LogP contribution in [0.5, 0.6) is 0 Å². The number of piperazine rings is 1. The number of amides is 1. The maximum atomic E-state index is 13.0. The van der Waals surface area contributed by atoms with Gasteiger partial charge in [0.1, 0.15) is 4.90 Å². The number of thioether (sulfide) groups is 1. The summed E-state index contributed by atoms with van der Waals surface area (Å²) in [6, 6.07) is 13.4. The predicted octanol–water partition coefficient (Wildman–Crippen LogP) is 1.98. The van der Waals surface area contributed by atoms with Crippen molar-refractivity contribution >= 4 is 27.7 Å². The highest BCUT2D eigenvalue weighted by molar-refractivity contribution is 7.99. The lowest BCUT2D eigenvalue weighted by molar-refractivity contribution is -0.119. The van der Waals surface area contributed by atoms with Gasteiger partial charge in [0.05, 0.1) is 16.9 Å². The molecule has 10 heteroatoms. The number of rotatable bonds is 9. The van der Waals surface area contributed by atoms with Gasteiger partial charge in [-0.1, -0.05) is 42.1 Å². The van der Waals surface area contributed by atoms with E-state index in [1.807, 2.05) is 18.2 Å². The fraction of sp³-hybridized carbons (Fsp3) is 0.478. The molecule has 4 rings (SSSR count). The van der Waals surface area contributed by atoms with Gasteiger partial charge in [-0.05, 0) is 30.5 Å². The molecule has 8 nitrogen and oxygen atoms in total. The van der Waals surface area contributed by atoms with Gasteiger partial charge in [0.25, 0.3) is 0 Å². The van der Waals surface area contributed by atoms with Crippen molar-refractivity contribution in [2.24, 2.45) is 0 Å². The summed E-state index contributed by atoms with van der Waals surface area (Å²) in [5.41, 5.74) is 1.23. The summed E-state index contributed by atoms with van der Waals surface area (Å²) in [5, 5.41) is 3.49. The second-order valence-electron chi connectivity index (χ2n) is 8.23. The van der Waals surface area contributed by atoms with Crippen LogP contribution in [0.15, 0.2) is 58.6 Å². The quantitative estimate of drug-likeness (QED) is 0.538. The lowest BCUT2D eigenvalue weighted by Gasteiger charge is -2.33. The molecule has 2 saturated heterocycles. The fourth-order valence-electron chi connectivity index (χ4n) is 3.95. The average molecular weight is 491 g/mol. The highest BCUT2D eigenvalue weighted by atomic mass is 32.2. The van der Waals surface area contributed by atoms with Crippen LogP contribution in [0, 0.1) is 0 Å². The lowest BCUT2D eigenvalue weighted by Crippen LogP contribution is -2.48. The maximum Gasteiger partial charge on any atom is 0.244 e. The van der Waals surface area contributed by atoms with E-state index in [9.17, 15) is 13.2 Å². The highest BCUT2D eigenvalue weighted by Gasteiger charge is 2.28. The largest absolute Gasteiger partial charge is 0.376 e. The molecule has 3 heterocycles. The highest BCUT2D eigenvalue weighted by Crippen LogP contribution is 2.21. The first-order valence-electron chi connectivity index (χ1n) is 11.2. The molecule has 1 aromatic heterocycles. The lowest BCUT2D eigenvalue weighted by atomic mass is 10.2. The van der Waals surface area contributed by atoms with Gasteiger partial charge in [-0.15, -0.1) is 0 Å². The molecule has 2 aliphatic heterocycles. The van der Waals surface area contributed by atoms with Crippen LogP contribution < -0.4 is 5.32 Å².